The van der Waals surface area contributed by atoms with Crippen LogP contribution in [0.1, 0.15) is 16.3 Å². The topological polar surface area (TPSA) is 82.0 Å². The number of hydrogen-bond acceptors (Lipinski definition) is 5. The van der Waals surface area contributed by atoms with Crippen molar-refractivity contribution in [3.63, 3.8) is 0 Å². The number of thiazole rings is 1. The molecular formula is C15H15N3O2S. The van der Waals surface area contributed by atoms with E-state index in [0.29, 0.717) is 16.8 Å². The van der Waals surface area contributed by atoms with E-state index in [4.69, 9.17) is 0 Å². The fourth-order valence-corrected chi connectivity index (χ4v) is 2.90. The molecule has 0 aliphatic rings. The zero-order valence-corrected chi connectivity index (χ0v) is 12.7. The number of hydrogen-bond donors (Lipinski definition) is 3. The monoisotopic (exact) mass is 301 g/mol. The molecule has 2 heterocycles. The van der Waals surface area contributed by atoms with Gasteiger partial charge in [0.25, 0.3) is 0 Å². The average molecular weight is 301 g/mol. The van der Waals surface area contributed by atoms with Crippen LogP contribution in [0.15, 0.2) is 17.5 Å². The molecule has 0 saturated heterocycles. The largest absolute Gasteiger partial charge is 0.508 e. The lowest BCUT2D eigenvalue weighted by molar-refractivity contribution is 0.444. The van der Waals surface area contributed by atoms with E-state index in [1.165, 1.54) is 0 Å². The highest BCUT2D eigenvalue weighted by Gasteiger charge is 2.20. The third-order valence-corrected chi connectivity index (χ3v) is 4.25. The Labute approximate surface area is 125 Å². The Bertz CT molecular complexity index is 820. The summed E-state index contributed by atoms with van der Waals surface area (Å²) in [5, 5.41) is 30.1. The van der Waals surface area contributed by atoms with E-state index in [2.05, 4.69) is 15.2 Å². The lowest BCUT2D eigenvalue weighted by Crippen LogP contribution is -1.88. The number of aryl methyl sites for hydroxylation is 2. The summed E-state index contributed by atoms with van der Waals surface area (Å²) in [4.78, 5) is 4.50. The minimum atomic E-state index is 0.0368. The summed E-state index contributed by atoms with van der Waals surface area (Å²) in [7, 11) is 0. The van der Waals surface area contributed by atoms with Gasteiger partial charge in [0.2, 0.25) is 0 Å². The smallest absolute Gasteiger partial charge is 0.131 e. The second-order valence-electron chi connectivity index (χ2n) is 4.93. The molecule has 0 spiro atoms. The molecule has 0 radical (unpaired) electrons. The van der Waals surface area contributed by atoms with E-state index in [1.54, 1.807) is 30.4 Å². The Morgan fingerprint density at radius 2 is 1.90 bits per heavy atom. The van der Waals surface area contributed by atoms with E-state index in [0.717, 1.165) is 22.0 Å². The minimum Gasteiger partial charge on any atom is -0.508 e. The molecule has 3 rings (SSSR count). The third-order valence-electron chi connectivity index (χ3n) is 3.48. The van der Waals surface area contributed by atoms with Crippen molar-refractivity contribution >= 4 is 11.3 Å². The van der Waals surface area contributed by atoms with E-state index in [1.807, 2.05) is 19.2 Å². The van der Waals surface area contributed by atoms with E-state index >= 15 is 0 Å². The fourth-order valence-electron chi connectivity index (χ4n) is 2.30. The number of rotatable bonds is 2. The molecule has 6 heteroatoms. The standard InChI is InChI=1S/C15H15N3O2S/c1-7-12(19)5-4-10(15(7)20)14-13(8(2)17-18-14)11-6-21-9(3)16-11/h4-6,19-20H,1-3H3,(H,17,18). The Hall–Kier alpha value is -2.34. The molecule has 1 aromatic carbocycles. The number of aromatic nitrogens is 3. The van der Waals surface area contributed by atoms with Gasteiger partial charge in [-0.1, -0.05) is 0 Å². The Morgan fingerprint density at radius 1 is 1.14 bits per heavy atom. The maximum atomic E-state index is 10.3. The number of nitrogens with one attached hydrogen (secondary N) is 1. The van der Waals surface area contributed by atoms with E-state index in [-0.39, 0.29) is 11.5 Å². The molecule has 5 nitrogen and oxygen atoms in total. The van der Waals surface area contributed by atoms with Gasteiger partial charge >= 0.3 is 0 Å². The normalized spacial score (nSPS) is 11.0. The molecule has 0 amide bonds. The molecule has 0 atom stereocenters. The first-order valence-electron chi connectivity index (χ1n) is 6.48. The van der Waals surface area contributed by atoms with Crippen molar-refractivity contribution in [1.82, 2.24) is 15.2 Å². The fraction of sp³-hybridized carbons (Fsp3) is 0.200. The number of H-pyrrole nitrogens is 1. The molecule has 108 valence electrons. The van der Waals surface area contributed by atoms with Crippen LogP contribution >= 0.6 is 11.3 Å². The first-order valence-corrected chi connectivity index (χ1v) is 7.36. The van der Waals surface area contributed by atoms with Crippen molar-refractivity contribution in [3.8, 4) is 34.0 Å². The van der Waals surface area contributed by atoms with Gasteiger partial charge in [-0.3, -0.25) is 5.10 Å². The molecule has 3 aromatic rings. The van der Waals surface area contributed by atoms with Crippen LogP contribution in [0, 0.1) is 20.8 Å². The highest BCUT2D eigenvalue weighted by Crippen LogP contribution is 2.40. The number of phenolic OH excluding ortho intramolecular Hbond substituents is 2. The SMILES string of the molecule is Cc1nc(-c2c(-c3ccc(O)c(C)c3O)n[nH]c2C)cs1. The molecule has 3 N–H and O–H groups in total. The number of benzene rings is 1. The Morgan fingerprint density at radius 3 is 2.57 bits per heavy atom. The lowest BCUT2D eigenvalue weighted by Gasteiger charge is -2.08. The van der Waals surface area contributed by atoms with Crippen LogP contribution in [-0.2, 0) is 0 Å². The van der Waals surface area contributed by atoms with Crippen LogP contribution in [0.4, 0.5) is 0 Å². The molecule has 0 aliphatic heterocycles. The third kappa shape index (κ3) is 2.17. The molecule has 21 heavy (non-hydrogen) atoms. The summed E-state index contributed by atoms with van der Waals surface area (Å²) in [5.41, 5.74) is 4.26. The predicted octanol–water partition coefficient (Wildman–Crippen LogP) is 3.54. The van der Waals surface area contributed by atoms with Gasteiger partial charge in [0, 0.05) is 27.8 Å². The van der Waals surface area contributed by atoms with E-state index in [9.17, 15) is 10.2 Å². The summed E-state index contributed by atoms with van der Waals surface area (Å²) in [5.74, 6) is 0.101. The number of nitrogens with zero attached hydrogens (tertiary/aromatic N) is 2. The van der Waals surface area contributed by atoms with Gasteiger partial charge in [-0.15, -0.1) is 11.3 Å². The van der Waals surface area contributed by atoms with Crippen molar-refractivity contribution in [3.05, 3.63) is 33.8 Å². The van der Waals surface area contributed by atoms with Gasteiger partial charge in [-0.2, -0.15) is 5.10 Å². The predicted molar refractivity (Wildman–Crippen MR) is 82.7 cm³/mol. The van der Waals surface area contributed by atoms with Crippen molar-refractivity contribution in [2.75, 3.05) is 0 Å². The van der Waals surface area contributed by atoms with Crippen molar-refractivity contribution in [2.45, 2.75) is 20.8 Å². The van der Waals surface area contributed by atoms with E-state index < -0.39 is 0 Å². The summed E-state index contributed by atoms with van der Waals surface area (Å²) in [6, 6.07) is 3.22. The molecular weight excluding hydrogens is 286 g/mol. The zero-order valence-electron chi connectivity index (χ0n) is 11.9. The number of phenols is 2. The highest BCUT2D eigenvalue weighted by molar-refractivity contribution is 7.09. The molecule has 0 unspecified atom stereocenters. The quantitative estimate of drug-likeness (QED) is 0.676. The van der Waals surface area contributed by atoms with Crippen LogP contribution in [0.5, 0.6) is 11.5 Å². The molecule has 2 aromatic heterocycles. The van der Waals surface area contributed by atoms with Crippen molar-refractivity contribution in [1.29, 1.82) is 0 Å². The first-order chi connectivity index (χ1) is 9.99. The van der Waals surface area contributed by atoms with Gasteiger partial charge in [-0.25, -0.2) is 4.98 Å². The van der Waals surface area contributed by atoms with Gasteiger partial charge in [0.15, 0.2) is 0 Å². The van der Waals surface area contributed by atoms with Crippen LogP contribution in [0.25, 0.3) is 22.5 Å². The molecule has 0 fully saturated rings. The molecule has 0 bridgehead atoms. The summed E-state index contributed by atoms with van der Waals surface area (Å²) >= 11 is 1.57. The molecule has 0 aliphatic carbocycles. The minimum absolute atomic E-state index is 0.0368. The zero-order chi connectivity index (χ0) is 15.1. The second kappa shape index (κ2) is 4.89. The van der Waals surface area contributed by atoms with Crippen molar-refractivity contribution < 1.29 is 10.2 Å². The van der Waals surface area contributed by atoms with Crippen LogP contribution < -0.4 is 0 Å². The second-order valence-corrected chi connectivity index (χ2v) is 5.99. The van der Waals surface area contributed by atoms with Crippen molar-refractivity contribution in [2.24, 2.45) is 0 Å². The van der Waals surface area contributed by atoms with Gasteiger partial charge in [-0.05, 0) is 32.9 Å². The molecule has 0 saturated carbocycles. The van der Waals surface area contributed by atoms with Gasteiger partial charge < -0.3 is 10.2 Å². The Kier molecular flexibility index (Phi) is 3.17. The summed E-state index contributed by atoms with van der Waals surface area (Å²) in [6.45, 7) is 5.54. The maximum absolute atomic E-state index is 10.3. The van der Waals surface area contributed by atoms with Crippen LogP contribution in [-0.4, -0.2) is 25.4 Å². The first kappa shape index (κ1) is 13.6. The van der Waals surface area contributed by atoms with Gasteiger partial charge in [0.05, 0.1) is 10.7 Å². The highest BCUT2D eigenvalue weighted by atomic mass is 32.1. The number of aromatic hydroxyl groups is 2. The number of aromatic amines is 1. The summed E-state index contributed by atoms with van der Waals surface area (Å²) < 4.78 is 0. The van der Waals surface area contributed by atoms with Crippen LogP contribution in [0.2, 0.25) is 0 Å². The lowest BCUT2D eigenvalue weighted by atomic mass is 10.0. The maximum Gasteiger partial charge on any atom is 0.131 e. The Balaban J connectivity index is 2.24. The van der Waals surface area contributed by atoms with Gasteiger partial charge in [0.1, 0.15) is 17.2 Å². The van der Waals surface area contributed by atoms with Crippen LogP contribution in [0.3, 0.4) is 0 Å². The summed E-state index contributed by atoms with van der Waals surface area (Å²) in [6.07, 6.45) is 0. The average Bonchev–Trinajstić information content (AvgIpc) is 3.02.